The van der Waals surface area contributed by atoms with Crippen LogP contribution in [0, 0.1) is 5.82 Å². The second-order valence-corrected chi connectivity index (χ2v) is 5.43. The molecule has 0 atom stereocenters. The van der Waals surface area contributed by atoms with Gasteiger partial charge in [0.15, 0.2) is 0 Å². The standard InChI is InChI=1S/C17H11FN4O2/c18-12-2-1-10-5-11(16(23)21-15(10)6-12)8-22-9-20-14-3-4-19-7-13(14)17(22)24/h1-7,9H,8H2,(H,21,23). The highest BCUT2D eigenvalue weighted by atomic mass is 19.1. The Hall–Kier alpha value is -3.35. The summed E-state index contributed by atoms with van der Waals surface area (Å²) >= 11 is 0. The number of nitrogens with zero attached hydrogens (tertiary/aromatic N) is 3. The molecule has 0 saturated carbocycles. The van der Waals surface area contributed by atoms with Crippen molar-refractivity contribution in [1.29, 1.82) is 0 Å². The van der Waals surface area contributed by atoms with Crippen LogP contribution in [0.3, 0.4) is 0 Å². The summed E-state index contributed by atoms with van der Waals surface area (Å²) in [4.78, 5) is 35.4. The van der Waals surface area contributed by atoms with Gasteiger partial charge in [-0.15, -0.1) is 0 Å². The van der Waals surface area contributed by atoms with Gasteiger partial charge in [-0.25, -0.2) is 9.37 Å². The van der Waals surface area contributed by atoms with Crippen LogP contribution in [0.25, 0.3) is 21.8 Å². The highest BCUT2D eigenvalue weighted by Crippen LogP contribution is 2.13. The van der Waals surface area contributed by atoms with Gasteiger partial charge in [0.05, 0.1) is 29.3 Å². The average Bonchev–Trinajstić information content (AvgIpc) is 2.58. The Kier molecular flexibility index (Phi) is 3.19. The van der Waals surface area contributed by atoms with Crippen LogP contribution in [0.5, 0.6) is 0 Å². The molecule has 24 heavy (non-hydrogen) atoms. The van der Waals surface area contributed by atoms with E-state index >= 15 is 0 Å². The highest BCUT2D eigenvalue weighted by Gasteiger charge is 2.08. The largest absolute Gasteiger partial charge is 0.322 e. The van der Waals surface area contributed by atoms with Crippen molar-refractivity contribution in [1.82, 2.24) is 19.5 Å². The molecule has 0 fully saturated rings. The van der Waals surface area contributed by atoms with E-state index in [1.807, 2.05) is 0 Å². The monoisotopic (exact) mass is 322 g/mol. The molecule has 0 aliphatic rings. The first kappa shape index (κ1) is 14.3. The molecule has 118 valence electrons. The molecule has 0 aliphatic heterocycles. The third-order valence-electron chi connectivity index (χ3n) is 3.85. The van der Waals surface area contributed by atoms with E-state index in [1.165, 1.54) is 29.2 Å². The number of pyridine rings is 2. The predicted octanol–water partition coefficient (Wildman–Crippen LogP) is 1.82. The van der Waals surface area contributed by atoms with Crippen molar-refractivity contribution in [2.45, 2.75) is 6.54 Å². The fraction of sp³-hybridized carbons (Fsp3) is 0.0588. The third kappa shape index (κ3) is 2.36. The molecule has 0 spiro atoms. The molecular weight excluding hydrogens is 311 g/mol. The quantitative estimate of drug-likeness (QED) is 0.610. The molecule has 6 nitrogen and oxygen atoms in total. The Morgan fingerprint density at radius 1 is 1.17 bits per heavy atom. The van der Waals surface area contributed by atoms with Crippen LogP contribution >= 0.6 is 0 Å². The molecule has 0 aliphatic carbocycles. The molecule has 0 amide bonds. The fourth-order valence-electron chi connectivity index (χ4n) is 2.64. The van der Waals surface area contributed by atoms with Crippen molar-refractivity contribution in [3.63, 3.8) is 0 Å². The lowest BCUT2D eigenvalue weighted by Crippen LogP contribution is -2.25. The second-order valence-electron chi connectivity index (χ2n) is 5.43. The minimum Gasteiger partial charge on any atom is -0.322 e. The topological polar surface area (TPSA) is 80.6 Å². The molecule has 3 heterocycles. The van der Waals surface area contributed by atoms with Crippen molar-refractivity contribution in [3.05, 3.63) is 81.1 Å². The lowest BCUT2D eigenvalue weighted by Gasteiger charge is -2.07. The van der Waals surface area contributed by atoms with E-state index in [-0.39, 0.29) is 17.7 Å². The van der Waals surface area contributed by atoms with Gasteiger partial charge in [0, 0.05) is 18.0 Å². The minimum atomic E-state index is -0.423. The zero-order valence-corrected chi connectivity index (χ0v) is 12.4. The summed E-state index contributed by atoms with van der Waals surface area (Å²) in [6.45, 7) is 0.0688. The number of benzene rings is 1. The van der Waals surface area contributed by atoms with Crippen LogP contribution in [-0.2, 0) is 6.54 Å². The highest BCUT2D eigenvalue weighted by molar-refractivity contribution is 5.79. The van der Waals surface area contributed by atoms with Crippen molar-refractivity contribution in [3.8, 4) is 0 Å². The molecule has 0 radical (unpaired) electrons. The number of aromatic nitrogens is 4. The maximum Gasteiger partial charge on any atom is 0.263 e. The predicted molar refractivity (Wildman–Crippen MR) is 87.4 cm³/mol. The van der Waals surface area contributed by atoms with Crippen molar-refractivity contribution < 1.29 is 4.39 Å². The first-order chi connectivity index (χ1) is 11.6. The van der Waals surface area contributed by atoms with Gasteiger partial charge in [-0.05, 0) is 35.7 Å². The number of nitrogens with one attached hydrogen (secondary N) is 1. The number of hydrogen-bond donors (Lipinski definition) is 1. The smallest absolute Gasteiger partial charge is 0.263 e. The summed E-state index contributed by atoms with van der Waals surface area (Å²) in [5.41, 5.74) is 0.713. The summed E-state index contributed by atoms with van der Waals surface area (Å²) in [5.74, 6) is -0.423. The molecule has 0 unspecified atom stereocenters. The van der Waals surface area contributed by atoms with Gasteiger partial charge in [0.25, 0.3) is 11.1 Å². The lowest BCUT2D eigenvalue weighted by atomic mass is 10.1. The number of aromatic amines is 1. The zero-order valence-electron chi connectivity index (χ0n) is 12.4. The third-order valence-corrected chi connectivity index (χ3v) is 3.85. The Morgan fingerprint density at radius 2 is 2.04 bits per heavy atom. The summed E-state index contributed by atoms with van der Waals surface area (Å²) in [6, 6.07) is 7.46. The van der Waals surface area contributed by atoms with Gasteiger partial charge < -0.3 is 4.98 Å². The molecule has 1 aromatic carbocycles. The van der Waals surface area contributed by atoms with Crippen LogP contribution in [0.2, 0.25) is 0 Å². The van der Waals surface area contributed by atoms with Crippen LogP contribution in [0.1, 0.15) is 5.56 Å². The number of fused-ring (bicyclic) bond motifs is 2. The Labute approximate surface area is 134 Å². The maximum absolute atomic E-state index is 13.2. The molecule has 0 bridgehead atoms. The molecule has 3 aromatic heterocycles. The maximum atomic E-state index is 13.2. The van der Waals surface area contributed by atoms with Crippen LogP contribution in [-0.4, -0.2) is 19.5 Å². The molecule has 1 N–H and O–H groups in total. The Morgan fingerprint density at radius 3 is 2.92 bits per heavy atom. The van der Waals surface area contributed by atoms with Crippen LogP contribution < -0.4 is 11.1 Å². The van der Waals surface area contributed by atoms with E-state index in [4.69, 9.17) is 0 Å². The zero-order chi connectivity index (χ0) is 16.7. The van der Waals surface area contributed by atoms with Gasteiger partial charge in [-0.3, -0.25) is 19.1 Å². The molecule has 0 saturated heterocycles. The summed E-state index contributed by atoms with van der Waals surface area (Å²) < 4.78 is 14.6. The molecular formula is C17H11FN4O2. The molecule has 4 aromatic rings. The first-order valence-electron chi connectivity index (χ1n) is 7.22. The first-order valence-corrected chi connectivity index (χ1v) is 7.22. The number of hydrogen-bond acceptors (Lipinski definition) is 4. The van der Waals surface area contributed by atoms with Gasteiger partial charge in [0.2, 0.25) is 0 Å². The summed E-state index contributed by atoms with van der Waals surface area (Å²) in [6.07, 6.45) is 4.42. The van der Waals surface area contributed by atoms with E-state index in [0.717, 1.165) is 0 Å². The second kappa shape index (κ2) is 5.38. The lowest BCUT2D eigenvalue weighted by molar-refractivity contribution is 0.629. The van der Waals surface area contributed by atoms with Gasteiger partial charge >= 0.3 is 0 Å². The van der Waals surface area contributed by atoms with E-state index < -0.39 is 5.82 Å². The van der Waals surface area contributed by atoms with E-state index in [1.54, 1.807) is 24.4 Å². The minimum absolute atomic E-state index is 0.0688. The average molecular weight is 322 g/mol. The van der Waals surface area contributed by atoms with Crippen molar-refractivity contribution >= 4 is 21.8 Å². The number of H-pyrrole nitrogens is 1. The van der Waals surface area contributed by atoms with Crippen molar-refractivity contribution in [2.75, 3.05) is 0 Å². The van der Waals surface area contributed by atoms with Gasteiger partial charge in [-0.2, -0.15) is 0 Å². The van der Waals surface area contributed by atoms with E-state index in [0.29, 0.717) is 27.4 Å². The van der Waals surface area contributed by atoms with Gasteiger partial charge in [-0.1, -0.05) is 0 Å². The van der Waals surface area contributed by atoms with Crippen molar-refractivity contribution in [2.24, 2.45) is 0 Å². The fourth-order valence-corrected chi connectivity index (χ4v) is 2.64. The van der Waals surface area contributed by atoms with E-state index in [9.17, 15) is 14.0 Å². The van der Waals surface area contributed by atoms with Crippen LogP contribution in [0.15, 0.2) is 58.6 Å². The SMILES string of the molecule is O=c1[nH]c2cc(F)ccc2cc1Cn1cnc2ccncc2c1=O. The number of halogens is 1. The van der Waals surface area contributed by atoms with Gasteiger partial charge in [0.1, 0.15) is 5.82 Å². The summed E-state index contributed by atoms with van der Waals surface area (Å²) in [7, 11) is 0. The Balaban J connectivity index is 1.83. The van der Waals surface area contributed by atoms with E-state index in [2.05, 4.69) is 15.0 Å². The molecule has 7 heteroatoms. The van der Waals surface area contributed by atoms with Crippen LogP contribution in [0.4, 0.5) is 4.39 Å². The number of rotatable bonds is 2. The summed E-state index contributed by atoms with van der Waals surface area (Å²) in [5, 5.41) is 1.08. The Bertz CT molecular complexity index is 1200. The normalized spacial score (nSPS) is 11.2. The molecule has 4 rings (SSSR count).